The molecule has 1 aliphatic heterocycles. The number of nitrogens with one attached hydrogen (secondary N) is 1. The summed E-state index contributed by atoms with van der Waals surface area (Å²) >= 11 is 0. The molecule has 0 aromatic carbocycles. The number of hydrogen-bond acceptors (Lipinski definition) is 5. The topological polar surface area (TPSA) is 101 Å². The lowest BCUT2D eigenvalue weighted by atomic mass is 9.91. The molecule has 1 aromatic heterocycles. The Bertz CT molecular complexity index is 507. The molecule has 7 nitrogen and oxygen atoms in total. The Morgan fingerprint density at radius 2 is 1.94 bits per heavy atom. The van der Waals surface area contributed by atoms with Gasteiger partial charge in [-0.05, 0) is 32.9 Å². The molecule has 0 spiro atoms. The van der Waals surface area contributed by atoms with Gasteiger partial charge in [-0.3, -0.25) is 0 Å². The van der Waals surface area contributed by atoms with Crippen LogP contribution in [0.2, 0.25) is 0 Å². The van der Waals surface area contributed by atoms with E-state index >= 15 is 0 Å². The molecule has 1 N–H and O–H groups in total. The highest BCUT2D eigenvalue weighted by Gasteiger charge is 2.53. The van der Waals surface area contributed by atoms with E-state index in [1.54, 1.807) is 27.7 Å². The molecular formula is C10H13N6O. The van der Waals surface area contributed by atoms with Crippen molar-refractivity contribution in [3.8, 4) is 6.07 Å². The Morgan fingerprint density at radius 3 is 2.41 bits per heavy atom. The van der Waals surface area contributed by atoms with E-state index in [1.807, 2.05) is 0 Å². The number of nitrogens with zero attached hydrogens (tertiary/aromatic N) is 5. The van der Waals surface area contributed by atoms with E-state index in [0.717, 1.165) is 5.06 Å². The van der Waals surface area contributed by atoms with Gasteiger partial charge in [0.05, 0.1) is 22.7 Å². The minimum atomic E-state index is -0.881. The van der Waals surface area contributed by atoms with Gasteiger partial charge in [-0.15, -0.1) is 20.5 Å². The van der Waals surface area contributed by atoms with Gasteiger partial charge in [-0.2, -0.15) is 10.5 Å². The summed E-state index contributed by atoms with van der Waals surface area (Å²) in [6.45, 7) is 6.93. The first kappa shape index (κ1) is 11.7. The second-order valence-corrected chi connectivity index (χ2v) is 5.01. The Labute approximate surface area is 98.7 Å². The highest BCUT2D eigenvalue weighted by atomic mass is 16.5. The van der Waals surface area contributed by atoms with Crippen molar-refractivity contribution < 1.29 is 5.21 Å². The molecule has 0 atom stereocenters. The molecule has 89 valence electrons. The van der Waals surface area contributed by atoms with Crippen molar-refractivity contribution in [1.29, 1.82) is 5.26 Å². The normalized spacial score (nSPS) is 22.8. The van der Waals surface area contributed by atoms with E-state index in [2.05, 4.69) is 26.7 Å². The fourth-order valence-electron chi connectivity index (χ4n) is 2.36. The largest absolute Gasteiger partial charge is 0.203 e. The average Bonchev–Trinajstić information content (AvgIpc) is 2.79. The lowest BCUT2D eigenvalue weighted by molar-refractivity contribution is -0.236. The van der Waals surface area contributed by atoms with Crippen LogP contribution in [0.15, 0.2) is 5.57 Å². The van der Waals surface area contributed by atoms with Gasteiger partial charge in [0.25, 0.3) is 0 Å². The number of aromatic amines is 1. The number of hydroxylamine groups is 2. The molecule has 2 rings (SSSR count). The maximum Gasteiger partial charge on any atom is 0.203 e. The molecule has 1 radical (unpaired) electrons. The minimum Gasteiger partial charge on any atom is -0.193 e. The first-order chi connectivity index (χ1) is 7.83. The van der Waals surface area contributed by atoms with Gasteiger partial charge in [0.1, 0.15) is 0 Å². The molecule has 0 unspecified atom stereocenters. The molecule has 17 heavy (non-hydrogen) atoms. The van der Waals surface area contributed by atoms with Crippen LogP contribution in [0, 0.1) is 11.3 Å². The molecule has 7 heteroatoms. The van der Waals surface area contributed by atoms with E-state index in [0.29, 0.717) is 17.0 Å². The van der Waals surface area contributed by atoms with Crippen molar-refractivity contribution in [3.63, 3.8) is 0 Å². The number of H-pyrrole nitrogens is 1. The van der Waals surface area contributed by atoms with E-state index < -0.39 is 11.1 Å². The van der Waals surface area contributed by atoms with Crippen LogP contribution in [-0.4, -0.2) is 36.8 Å². The molecular weight excluding hydrogens is 220 g/mol. The average molecular weight is 233 g/mol. The van der Waals surface area contributed by atoms with Gasteiger partial charge in [-0.1, -0.05) is 0 Å². The van der Waals surface area contributed by atoms with E-state index in [1.165, 1.54) is 0 Å². The number of aromatic nitrogens is 4. The second kappa shape index (κ2) is 3.35. The van der Waals surface area contributed by atoms with Crippen LogP contribution in [0.3, 0.4) is 0 Å². The van der Waals surface area contributed by atoms with E-state index in [9.17, 15) is 10.5 Å². The van der Waals surface area contributed by atoms with Crippen molar-refractivity contribution in [3.05, 3.63) is 11.4 Å². The highest BCUT2D eigenvalue weighted by molar-refractivity contribution is 5.78. The summed E-state index contributed by atoms with van der Waals surface area (Å²) < 4.78 is 0. The van der Waals surface area contributed by atoms with Crippen LogP contribution in [0.5, 0.6) is 0 Å². The molecule has 1 aliphatic rings. The Hall–Kier alpha value is -1.78. The first-order valence-corrected chi connectivity index (χ1v) is 5.20. The monoisotopic (exact) mass is 233 g/mol. The van der Waals surface area contributed by atoms with Crippen LogP contribution in [-0.2, 0) is 5.21 Å². The minimum absolute atomic E-state index is 0.304. The summed E-state index contributed by atoms with van der Waals surface area (Å²) in [7, 11) is 0. The van der Waals surface area contributed by atoms with Gasteiger partial charge in [0.2, 0.25) is 5.82 Å². The smallest absolute Gasteiger partial charge is 0.193 e. The molecule has 0 saturated heterocycles. The molecule has 0 bridgehead atoms. The maximum atomic E-state index is 12.3. The zero-order valence-electron chi connectivity index (χ0n) is 10.1. The number of rotatable bonds is 1. The molecule has 0 aliphatic carbocycles. The molecule has 1 aromatic rings. The van der Waals surface area contributed by atoms with Crippen molar-refractivity contribution in [2.45, 2.75) is 38.8 Å². The summed E-state index contributed by atoms with van der Waals surface area (Å²) in [4.78, 5) is 0. The van der Waals surface area contributed by atoms with Gasteiger partial charge in [0.15, 0.2) is 0 Å². The zero-order chi connectivity index (χ0) is 12.8. The zero-order valence-corrected chi connectivity index (χ0v) is 10.1. The molecule has 0 fully saturated rings. The van der Waals surface area contributed by atoms with Crippen LogP contribution in [0.1, 0.15) is 33.5 Å². The maximum absolute atomic E-state index is 12.3. The summed E-state index contributed by atoms with van der Waals surface area (Å²) in [5.41, 5.74) is -0.806. The van der Waals surface area contributed by atoms with Crippen molar-refractivity contribution in [1.82, 2.24) is 25.7 Å². The molecule has 0 saturated carbocycles. The third kappa shape index (κ3) is 1.38. The van der Waals surface area contributed by atoms with Crippen molar-refractivity contribution in [2.24, 2.45) is 0 Å². The predicted octanol–water partition coefficient (Wildman–Crippen LogP) is 0.695. The van der Waals surface area contributed by atoms with Gasteiger partial charge in [-0.25, -0.2) is 0 Å². The van der Waals surface area contributed by atoms with Gasteiger partial charge in [0, 0.05) is 5.57 Å². The lowest BCUT2D eigenvalue weighted by Gasteiger charge is -2.33. The van der Waals surface area contributed by atoms with Crippen molar-refractivity contribution >= 4 is 5.57 Å². The summed E-state index contributed by atoms with van der Waals surface area (Å²) in [6.07, 6.45) is 0. The Morgan fingerprint density at radius 1 is 1.29 bits per heavy atom. The standard InChI is InChI=1S/C10H13N6O/c1-9(2)6(5-11)7(8-12-14-15-13-8)10(3,4)16(9)17/h1-4H3,(H,12,13,14,15). The third-order valence-corrected chi connectivity index (χ3v) is 3.17. The Balaban J connectivity index is 2.72. The van der Waals surface area contributed by atoms with Gasteiger partial charge < -0.3 is 0 Å². The highest BCUT2D eigenvalue weighted by Crippen LogP contribution is 2.47. The fourth-order valence-corrected chi connectivity index (χ4v) is 2.36. The van der Waals surface area contributed by atoms with E-state index in [4.69, 9.17) is 0 Å². The van der Waals surface area contributed by atoms with Crippen LogP contribution < -0.4 is 0 Å². The number of tetrazole rings is 1. The van der Waals surface area contributed by atoms with Crippen LogP contribution >= 0.6 is 0 Å². The summed E-state index contributed by atoms with van der Waals surface area (Å²) in [5.74, 6) is 0.304. The first-order valence-electron chi connectivity index (χ1n) is 5.20. The lowest BCUT2D eigenvalue weighted by Crippen LogP contribution is -2.47. The van der Waals surface area contributed by atoms with Crippen molar-refractivity contribution in [2.75, 3.05) is 0 Å². The summed E-state index contributed by atoms with van der Waals surface area (Å²) in [5, 5.41) is 36.0. The van der Waals surface area contributed by atoms with E-state index in [-0.39, 0.29) is 0 Å². The fraction of sp³-hybridized carbons (Fsp3) is 0.600. The second-order valence-electron chi connectivity index (χ2n) is 5.01. The Kier molecular flexibility index (Phi) is 2.31. The predicted molar refractivity (Wildman–Crippen MR) is 57.4 cm³/mol. The summed E-state index contributed by atoms with van der Waals surface area (Å²) in [6, 6.07) is 2.09. The molecule has 0 amide bonds. The number of hydrogen-bond donors (Lipinski definition) is 1. The SMILES string of the molecule is CC1(C)C(C#N)=C(c2nn[nH]n2)C(C)(C)N1[O]. The van der Waals surface area contributed by atoms with Gasteiger partial charge >= 0.3 is 0 Å². The third-order valence-electron chi connectivity index (χ3n) is 3.17. The van der Waals surface area contributed by atoms with Crippen LogP contribution in [0.4, 0.5) is 0 Å². The quantitative estimate of drug-likeness (QED) is 0.769. The number of nitriles is 1. The molecule has 2 heterocycles. The van der Waals surface area contributed by atoms with Crippen LogP contribution in [0.25, 0.3) is 5.57 Å².